The smallest absolute Gasteiger partial charge is 0.423 e. The topological polar surface area (TPSA) is 90.7 Å². The van der Waals surface area contributed by atoms with E-state index in [1.54, 1.807) is 36.4 Å². The van der Waals surface area contributed by atoms with Crippen molar-refractivity contribution in [2.45, 2.75) is 6.18 Å². The first-order valence-corrected chi connectivity index (χ1v) is 8.83. The maximum Gasteiger partial charge on any atom is 0.423 e. The summed E-state index contributed by atoms with van der Waals surface area (Å²) in [4.78, 5) is 21.6. The average Bonchev–Trinajstić information content (AvgIpc) is 2.73. The SMILES string of the molecule is O=C(COc1ccc(Oc2ccccc2)cc1)Nc1ccc([N+](=O)[O-])c(C(F)(F)F)c1. The van der Waals surface area contributed by atoms with E-state index in [0.29, 0.717) is 29.4 Å². The van der Waals surface area contributed by atoms with E-state index in [0.717, 1.165) is 6.07 Å². The quantitative estimate of drug-likeness (QED) is 0.398. The van der Waals surface area contributed by atoms with E-state index in [-0.39, 0.29) is 5.69 Å². The molecular formula is C21H15F3N2O5. The van der Waals surface area contributed by atoms with E-state index >= 15 is 0 Å². The van der Waals surface area contributed by atoms with Crippen molar-refractivity contribution in [2.75, 3.05) is 11.9 Å². The number of halogens is 3. The minimum atomic E-state index is -4.94. The Kier molecular flexibility index (Phi) is 6.39. The van der Waals surface area contributed by atoms with E-state index in [1.165, 1.54) is 0 Å². The number of alkyl halides is 3. The molecule has 0 saturated carbocycles. The minimum absolute atomic E-state index is 0.238. The Labute approximate surface area is 174 Å². The van der Waals surface area contributed by atoms with Gasteiger partial charge in [-0.05, 0) is 48.5 Å². The Bertz CT molecular complexity index is 1070. The maximum atomic E-state index is 13.0. The lowest BCUT2D eigenvalue weighted by molar-refractivity contribution is -0.388. The fourth-order valence-corrected chi connectivity index (χ4v) is 2.57. The summed E-state index contributed by atoms with van der Waals surface area (Å²) in [5.74, 6) is 0.812. The van der Waals surface area contributed by atoms with E-state index in [1.807, 2.05) is 18.2 Å². The summed E-state index contributed by atoms with van der Waals surface area (Å²) in [5, 5.41) is 13.0. The van der Waals surface area contributed by atoms with Gasteiger partial charge in [0.15, 0.2) is 6.61 Å². The first-order chi connectivity index (χ1) is 14.7. The Morgan fingerprint density at radius 2 is 1.55 bits per heavy atom. The number of hydrogen-bond acceptors (Lipinski definition) is 5. The molecule has 0 aliphatic rings. The van der Waals surface area contributed by atoms with Crippen molar-refractivity contribution < 1.29 is 32.4 Å². The fraction of sp³-hybridized carbons (Fsp3) is 0.0952. The molecule has 160 valence electrons. The summed E-state index contributed by atoms with van der Waals surface area (Å²) in [7, 11) is 0. The van der Waals surface area contributed by atoms with Crippen LogP contribution in [-0.2, 0) is 11.0 Å². The number of benzene rings is 3. The summed E-state index contributed by atoms with van der Waals surface area (Å²) in [6.07, 6.45) is -4.94. The zero-order valence-electron chi connectivity index (χ0n) is 15.8. The van der Waals surface area contributed by atoms with Crippen LogP contribution < -0.4 is 14.8 Å². The number of amides is 1. The highest BCUT2D eigenvalue weighted by atomic mass is 19.4. The molecule has 0 heterocycles. The second-order valence-corrected chi connectivity index (χ2v) is 6.21. The third kappa shape index (κ3) is 5.95. The Balaban J connectivity index is 1.58. The predicted octanol–water partition coefficient (Wildman–Crippen LogP) is 5.42. The molecule has 3 aromatic carbocycles. The first kappa shape index (κ1) is 21.6. The number of rotatable bonds is 7. The molecule has 0 aliphatic carbocycles. The maximum absolute atomic E-state index is 13.0. The van der Waals surface area contributed by atoms with E-state index in [2.05, 4.69) is 5.32 Å². The predicted molar refractivity (Wildman–Crippen MR) is 105 cm³/mol. The highest BCUT2D eigenvalue weighted by Crippen LogP contribution is 2.37. The summed E-state index contributed by atoms with van der Waals surface area (Å²) in [6, 6.07) is 17.7. The number of anilines is 1. The van der Waals surface area contributed by atoms with Gasteiger partial charge in [0.05, 0.1) is 4.92 Å². The third-order valence-electron chi connectivity index (χ3n) is 3.95. The summed E-state index contributed by atoms with van der Waals surface area (Å²) >= 11 is 0. The van der Waals surface area contributed by atoms with Crippen molar-refractivity contribution in [2.24, 2.45) is 0 Å². The van der Waals surface area contributed by atoms with Crippen molar-refractivity contribution >= 4 is 17.3 Å². The van der Waals surface area contributed by atoms with Gasteiger partial charge < -0.3 is 14.8 Å². The number of ether oxygens (including phenoxy) is 2. The Morgan fingerprint density at radius 3 is 2.16 bits per heavy atom. The number of nitro groups is 1. The molecule has 0 fully saturated rings. The number of nitro benzene ring substituents is 1. The number of para-hydroxylation sites is 1. The van der Waals surface area contributed by atoms with Gasteiger partial charge in [0.2, 0.25) is 0 Å². The molecular weight excluding hydrogens is 417 g/mol. The van der Waals surface area contributed by atoms with Gasteiger partial charge in [-0.2, -0.15) is 13.2 Å². The van der Waals surface area contributed by atoms with Gasteiger partial charge in [0.25, 0.3) is 11.6 Å². The second kappa shape index (κ2) is 9.16. The summed E-state index contributed by atoms with van der Waals surface area (Å²) in [5.41, 5.74) is -2.79. The molecule has 0 spiro atoms. The molecule has 0 unspecified atom stereocenters. The van der Waals surface area contributed by atoms with E-state index < -0.39 is 34.9 Å². The summed E-state index contributed by atoms with van der Waals surface area (Å²) < 4.78 is 50.0. The van der Waals surface area contributed by atoms with Crippen LogP contribution in [0.4, 0.5) is 24.5 Å². The molecule has 7 nitrogen and oxygen atoms in total. The van der Waals surface area contributed by atoms with E-state index in [9.17, 15) is 28.1 Å². The van der Waals surface area contributed by atoms with Gasteiger partial charge in [0, 0.05) is 11.8 Å². The number of carbonyl (C=O) groups excluding carboxylic acids is 1. The molecule has 3 aromatic rings. The van der Waals surface area contributed by atoms with Crippen LogP contribution in [0.25, 0.3) is 0 Å². The molecule has 0 saturated heterocycles. The van der Waals surface area contributed by atoms with Crippen LogP contribution in [0.1, 0.15) is 5.56 Å². The average molecular weight is 432 g/mol. The summed E-state index contributed by atoms with van der Waals surface area (Å²) in [6.45, 7) is -0.475. The second-order valence-electron chi connectivity index (χ2n) is 6.21. The van der Waals surface area contributed by atoms with Crippen molar-refractivity contribution in [1.82, 2.24) is 0 Å². The van der Waals surface area contributed by atoms with Crippen molar-refractivity contribution in [3.8, 4) is 17.2 Å². The highest BCUT2D eigenvalue weighted by Gasteiger charge is 2.38. The first-order valence-electron chi connectivity index (χ1n) is 8.83. The molecule has 1 amide bonds. The van der Waals surface area contributed by atoms with Crippen molar-refractivity contribution in [1.29, 1.82) is 0 Å². The largest absolute Gasteiger partial charge is 0.484 e. The number of nitrogens with one attached hydrogen (secondary N) is 1. The Hall–Kier alpha value is -4.08. The molecule has 0 atom stereocenters. The van der Waals surface area contributed by atoms with Crippen molar-refractivity contribution in [3.63, 3.8) is 0 Å². The normalized spacial score (nSPS) is 10.9. The molecule has 0 aromatic heterocycles. The Morgan fingerprint density at radius 1 is 0.935 bits per heavy atom. The van der Waals surface area contributed by atoms with Crippen molar-refractivity contribution in [3.05, 3.63) is 88.5 Å². The molecule has 0 radical (unpaired) electrons. The lowest BCUT2D eigenvalue weighted by atomic mass is 10.1. The molecule has 1 N–H and O–H groups in total. The van der Waals surface area contributed by atoms with Crippen LogP contribution in [0.15, 0.2) is 72.8 Å². The lowest BCUT2D eigenvalue weighted by Gasteiger charge is -2.11. The number of carbonyl (C=O) groups is 1. The minimum Gasteiger partial charge on any atom is -0.484 e. The van der Waals surface area contributed by atoms with Crippen LogP contribution in [0.3, 0.4) is 0 Å². The molecule has 0 aliphatic heterocycles. The van der Waals surface area contributed by atoms with Crippen LogP contribution >= 0.6 is 0 Å². The van der Waals surface area contributed by atoms with Gasteiger partial charge in [0.1, 0.15) is 22.8 Å². The van der Waals surface area contributed by atoms with Gasteiger partial charge in [-0.15, -0.1) is 0 Å². The van der Waals surface area contributed by atoms with Crippen LogP contribution in [0, 0.1) is 10.1 Å². The molecule has 10 heteroatoms. The zero-order valence-corrected chi connectivity index (χ0v) is 15.8. The van der Waals surface area contributed by atoms with E-state index in [4.69, 9.17) is 9.47 Å². The number of hydrogen-bond donors (Lipinski definition) is 1. The molecule has 3 rings (SSSR count). The molecule has 31 heavy (non-hydrogen) atoms. The third-order valence-corrected chi connectivity index (χ3v) is 3.95. The standard InChI is InChI=1S/C21H15F3N2O5/c22-21(23,24)18-12-14(6-11-19(18)26(28)29)25-20(27)13-30-15-7-9-17(10-8-15)31-16-4-2-1-3-5-16/h1-12H,13H2,(H,25,27). The van der Waals surface area contributed by atoms with Gasteiger partial charge in [-0.3, -0.25) is 14.9 Å². The zero-order chi connectivity index (χ0) is 22.4. The fourth-order valence-electron chi connectivity index (χ4n) is 2.57. The van der Waals surface area contributed by atoms with Gasteiger partial charge in [-0.1, -0.05) is 18.2 Å². The highest BCUT2D eigenvalue weighted by molar-refractivity contribution is 5.92. The number of nitrogens with zero attached hydrogens (tertiary/aromatic N) is 1. The van der Waals surface area contributed by atoms with Crippen LogP contribution in [0.2, 0.25) is 0 Å². The van der Waals surface area contributed by atoms with Gasteiger partial charge in [-0.25, -0.2) is 0 Å². The van der Waals surface area contributed by atoms with Crippen LogP contribution in [-0.4, -0.2) is 17.4 Å². The lowest BCUT2D eigenvalue weighted by Crippen LogP contribution is -2.20. The van der Waals surface area contributed by atoms with Gasteiger partial charge >= 0.3 is 6.18 Å². The monoisotopic (exact) mass is 432 g/mol. The molecule has 0 bridgehead atoms. The van der Waals surface area contributed by atoms with Crippen LogP contribution in [0.5, 0.6) is 17.2 Å².